The number of likely N-dealkylation sites (tertiary alicyclic amines) is 1. The van der Waals surface area contributed by atoms with E-state index >= 15 is 0 Å². The number of rotatable bonds is 1. The summed E-state index contributed by atoms with van der Waals surface area (Å²) in [5.41, 5.74) is 6.94. The first-order valence-corrected chi connectivity index (χ1v) is 5.20. The summed E-state index contributed by atoms with van der Waals surface area (Å²) in [6, 6.07) is 0.255. The molecular formula is C11H20N2O. The zero-order valence-corrected chi connectivity index (χ0v) is 9.29. The Hall–Kier alpha value is -0.830. The average Bonchev–Trinajstić information content (AvgIpc) is 2.08. The van der Waals surface area contributed by atoms with Gasteiger partial charge in [0.15, 0.2) is 0 Å². The maximum Gasteiger partial charge on any atom is 0.246 e. The Morgan fingerprint density at radius 3 is 2.64 bits per heavy atom. The molecule has 14 heavy (non-hydrogen) atoms. The third kappa shape index (κ3) is 2.84. The summed E-state index contributed by atoms with van der Waals surface area (Å²) in [7, 11) is 0. The molecule has 3 nitrogen and oxygen atoms in total. The van der Waals surface area contributed by atoms with E-state index in [1.54, 1.807) is 6.08 Å². The number of hydrogen-bond donors (Lipinski definition) is 1. The quantitative estimate of drug-likeness (QED) is 0.639. The minimum absolute atomic E-state index is 0.128. The predicted octanol–water partition coefficient (Wildman–Crippen LogP) is 1.15. The molecule has 1 rings (SSSR count). The van der Waals surface area contributed by atoms with Crippen molar-refractivity contribution in [2.45, 2.75) is 33.2 Å². The second kappa shape index (κ2) is 4.60. The van der Waals surface area contributed by atoms with Gasteiger partial charge in [-0.1, -0.05) is 12.5 Å². The molecule has 0 spiro atoms. The first-order valence-electron chi connectivity index (χ1n) is 5.20. The topological polar surface area (TPSA) is 46.3 Å². The van der Waals surface area contributed by atoms with Gasteiger partial charge in [0.1, 0.15) is 0 Å². The number of nitrogens with zero attached hydrogens (tertiary/aromatic N) is 1. The van der Waals surface area contributed by atoms with Gasteiger partial charge in [-0.15, -0.1) is 0 Å². The molecule has 2 atom stereocenters. The first-order chi connectivity index (χ1) is 6.50. The fourth-order valence-electron chi connectivity index (χ4n) is 1.70. The van der Waals surface area contributed by atoms with E-state index in [0.717, 1.165) is 25.1 Å². The molecule has 80 valence electrons. The molecule has 0 aromatic rings. The van der Waals surface area contributed by atoms with Gasteiger partial charge in [0.2, 0.25) is 5.91 Å². The van der Waals surface area contributed by atoms with Crippen LogP contribution in [0.15, 0.2) is 11.6 Å². The minimum atomic E-state index is 0.128. The molecule has 2 unspecified atom stereocenters. The summed E-state index contributed by atoms with van der Waals surface area (Å²) < 4.78 is 0. The van der Waals surface area contributed by atoms with Crippen molar-refractivity contribution < 1.29 is 4.79 Å². The van der Waals surface area contributed by atoms with E-state index in [9.17, 15) is 4.79 Å². The second-order valence-electron chi connectivity index (χ2n) is 4.44. The number of carbonyl (C=O) groups excluding carboxylic acids is 1. The van der Waals surface area contributed by atoms with Crippen LogP contribution in [0.4, 0.5) is 0 Å². The number of amides is 1. The van der Waals surface area contributed by atoms with Crippen LogP contribution in [0.5, 0.6) is 0 Å². The van der Waals surface area contributed by atoms with Crippen molar-refractivity contribution in [2.75, 3.05) is 13.1 Å². The predicted molar refractivity (Wildman–Crippen MR) is 57.8 cm³/mol. The summed E-state index contributed by atoms with van der Waals surface area (Å²) in [6.07, 6.45) is 2.62. The largest absolute Gasteiger partial charge is 0.339 e. The van der Waals surface area contributed by atoms with Gasteiger partial charge in [-0.05, 0) is 26.2 Å². The highest BCUT2D eigenvalue weighted by Gasteiger charge is 2.24. The molecule has 1 amide bonds. The molecule has 0 aromatic heterocycles. The molecule has 1 saturated heterocycles. The van der Waals surface area contributed by atoms with E-state index in [-0.39, 0.29) is 11.9 Å². The summed E-state index contributed by atoms with van der Waals surface area (Å²) in [5.74, 6) is 0.544. The van der Waals surface area contributed by atoms with Gasteiger partial charge in [-0.25, -0.2) is 0 Å². The summed E-state index contributed by atoms with van der Waals surface area (Å²) >= 11 is 0. The Morgan fingerprint density at radius 1 is 1.50 bits per heavy atom. The SMILES string of the molecule is CC(C)=CC(=O)N1CCC(N)C(C)C1. The van der Waals surface area contributed by atoms with Crippen LogP contribution in [0.25, 0.3) is 0 Å². The number of carbonyl (C=O) groups is 1. The van der Waals surface area contributed by atoms with Gasteiger partial charge in [-0.3, -0.25) is 4.79 Å². The van der Waals surface area contributed by atoms with Crippen LogP contribution in [0.2, 0.25) is 0 Å². The standard InChI is InChI=1S/C11H20N2O/c1-8(2)6-11(14)13-5-4-10(12)9(3)7-13/h6,9-10H,4-5,7,12H2,1-3H3. The molecule has 3 heteroatoms. The van der Waals surface area contributed by atoms with Crippen LogP contribution in [-0.2, 0) is 4.79 Å². The molecule has 0 bridgehead atoms. The van der Waals surface area contributed by atoms with E-state index in [1.165, 1.54) is 0 Å². The average molecular weight is 196 g/mol. The van der Waals surface area contributed by atoms with Crippen LogP contribution >= 0.6 is 0 Å². The van der Waals surface area contributed by atoms with Crippen LogP contribution in [0.1, 0.15) is 27.2 Å². The van der Waals surface area contributed by atoms with Crippen molar-refractivity contribution in [3.05, 3.63) is 11.6 Å². The number of allylic oxidation sites excluding steroid dienone is 1. The molecule has 0 saturated carbocycles. The lowest BCUT2D eigenvalue weighted by Crippen LogP contribution is -2.47. The van der Waals surface area contributed by atoms with Gasteiger partial charge >= 0.3 is 0 Å². The Kier molecular flexibility index (Phi) is 3.69. The van der Waals surface area contributed by atoms with E-state index in [1.807, 2.05) is 18.7 Å². The normalized spacial score (nSPS) is 27.3. The van der Waals surface area contributed by atoms with Crippen molar-refractivity contribution in [2.24, 2.45) is 11.7 Å². The minimum Gasteiger partial charge on any atom is -0.339 e. The fourth-order valence-corrected chi connectivity index (χ4v) is 1.70. The first kappa shape index (κ1) is 11.2. The highest BCUT2D eigenvalue weighted by atomic mass is 16.2. The third-order valence-corrected chi connectivity index (χ3v) is 2.70. The molecule has 0 radical (unpaired) electrons. The van der Waals surface area contributed by atoms with Gasteiger partial charge in [0.05, 0.1) is 0 Å². The van der Waals surface area contributed by atoms with Crippen LogP contribution in [0, 0.1) is 5.92 Å². The monoisotopic (exact) mass is 196 g/mol. The molecular weight excluding hydrogens is 176 g/mol. The molecule has 2 N–H and O–H groups in total. The molecule has 1 heterocycles. The van der Waals surface area contributed by atoms with E-state index < -0.39 is 0 Å². The molecule has 0 aliphatic carbocycles. The van der Waals surface area contributed by atoms with Crippen molar-refractivity contribution in [1.82, 2.24) is 4.90 Å². The van der Waals surface area contributed by atoms with Crippen LogP contribution in [-0.4, -0.2) is 29.9 Å². The molecule has 1 fully saturated rings. The van der Waals surface area contributed by atoms with Gasteiger partial charge in [0, 0.05) is 25.2 Å². The smallest absolute Gasteiger partial charge is 0.246 e. The number of hydrogen-bond acceptors (Lipinski definition) is 2. The van der Waals surface area contributed by atoms with Crippen LogP contribution in [0.3, 0.4) is 0 Å². The van der Waals surface area contributed by atoms with Gasteiger partial charge in [0.25, 0.3) is 0 Å². The molecule has 0 aromatic carbocycles. The fraction of sp³-hybridized carbons (Fsp3) is 0.727. The van der Waals surface area contributed by atoms with Crippen molar-refractivity contribution in [3.63, 3.8) is 0 Å². The Labute approximate surface area is 86.0 Å². The third-order valence-electron chi connectivity index (χ3n) is 2.70. The van der Waals surface area contributed by atoms with E-state index in [2.05, 4.69) is 6.92 Å². The molecule has 1 aliphatic rings. The summed E-state index contributed by atoms with van der Waals surface area (Å²) in [4.78, 5) is 13.6. The Bertz CT molecular complexity index is 244. The zero-order chi connectivity index (χ0) is 10.7. The zero-order valence-electron chi connectivity index (χ0n) is 9.29. The number of piperidine rings is 1. The lowest BCUT2D eigenvalue weighted by Gasteiger charge is -2.34. The Morgan fingerprint density at radius 2 is 2.14 bits per heavy atom. The van der Waals surface area contributed by atoms with Gasteiger partial charge < -0.3 is 10.6 Å². The van der Waals surface area contributed by atoms with E-state index in [4.69, 9.17) is 5.73 Å². The van der Waals surface area contributed by atoms with Gasteiger partial charge in [-0.2, -0.15) is 0 Å². The lowest BCUT2D eigenvalue weighted by atomic mass is 9.95. The molecule has 1 aliphatic heterocycles. The van der Waals surface area contributed by atoms with Crippen LogP contribution < -0.4 is 5.73 Å². The highest BCUT2D eigenvalue weighted by molar-refractivity contribution is 5.88. The van der Waals surface area contributed by atoms with Crippen molar-refractivity contribution >= 4 is 5.91 Å². The highest BCUT2D eigenvalue weighted by Crippen LogP contribution is 2.15. The lowest BCUT2D eigenvalue weighted by molar-refractivity contribution is -0.127. The van der Waals surface area contributed by atoms with Crippen molar-refractivity contribution in [1.29, 1.82) is 0 Å². The maximum absolute atomic E-state index is 11.7. The van der Waals surface area contributed by atoms with E-state index in [0.29, 0.717) is 5.92 Å². The van der Waals surface area contributed by atoms with Crippen molar-refractivity contribution in [3.8, 4) is 0 Å². The Balaban J connectivity index is 2.55. The number of nitrogens with two attached hydrogens (primary N) is 1. The summed E-state index contributed by atoms with van der Waals surface area (Å²) in [6.45, 7) is 7.58. The summed E-state index contributed by atoms with van der Waals surface area (Å²) in [5, 5.41) is 0. The second-order valence-corrected chi connectivity index (χ2v) is 4.44. The maximum atomic E-state index is 11.7.